The van der Waals surface area contributed by atoms with E-state index in [2.05, 4.69) is 20.9 Å². The molecule has 0 bridgehead atoms. The lowest BCUT2D eigenvalue weighted by Gasteiger charge is -2.36. The van der Waals surface area contributed by atoms with Gasteiger partial charge in [0.1, 0.15) is 15.7 Å². The van der Waals surface area contributed by atoms with Crippen molar-refractivity contribution in [1.82, 2.24) is 19.8 Å². The van der Waals surface area contributed by atoms with Crippen molar-refractivity contribution in [3.8, 4) is 10.6 Å². The number of rotatable bonds is 6. The Morgan fingerprint density at radius 3 is 2.61 bits per heavy atom. The van der Waals surface area contributed by atoms with Crippen LogP contribution in [0.2, 0.25) is 0 Å². The third-order valence-electron chi connectivity index (χ3n) is 5.92. The molecule has 4 rings (SSSR count). The van der Waals surface area contributed by atoms with Crippen LogP contribution in [0, 0.1) is 12.7 Å². The zero-order chi connectivity index (χ0) is 21.8. The summed E-state index contributed by atoms with van der Waals surface area (Å²) in [4.78, 5) is 27.1. The molecule has 31 heavy (non-hydrogen) atoms. The molecule has 1 fully saturated rings. The van der Waals surface area contributed by atoms with Crippen molar-refractivity contribution in [2.75, 3.05) is 26.7 Å². The number of benzene rings is 1. The fraction of sp³-hybridized carbons (Fsp3) is 0.375. The van der Waals surface area contributed by atoms with Crippen molar-refractivity contribution in [3.05, 3.63) is 70.7 Å². The van der Waals surface area contributed by atoms with Gasteiger partial charge in [0.2, 0.25) is 0 Å². The summed E-state index contributed by atoms with van der Waals surface area (Å²) in [6, 6.07) is 12.5. The minimum atomic E-state index is -0.278. The number of aryl methyl sites for hydroxylation is 1. The van der Waals surface area contributed by atoms with Gasteiger partial charge in [-0.2, -0.15) is 0 Å². The van der Waals surface area contributed by atoms with Crippen molar-refractivity contribution < 1.29 is 9.18 Å². The quantitative estimate of drug-likeness (QED) is 0.571. The first-order valence-electron chi connectivity index (χ1n) is 10.6. The SMILES string of the molecule is Cc1nc(-c2ccc(F)cc2)sc1C(=O)N(C)C1CCN(CCc2ccccn2)CC1. The average molecular weight is 439 g/mol. The molecule has 0 aliphatic carbocycles. The summed E-state index contributed by atoms with van der Waals surface area (Å²) >= 11 is 1.38. The molecule has 3 heterocycles. The van der Waals surface area contributed by atoms with E-state index in [9.17, 15) is 9.18 Å². The topological polar surface area (TPSA) is 49.3 Å². The van der Waals surface area contributed by atoms with E-state index in [1.807, 2.05) is 37.2 Å². The molecule has 1 saturated heterocycles. The van der Waals surface area contributed by atoms with Crippen LogP contribution in [0.15, 0.2) is 48.7 Å². The first-order valence-corrected chi connectivity index (χ1v) is 11.5. The average Bonchev–Trinajstić information content (AvgIpc) is 3.19. The Kier molecular flexibility index (Phi) is 6.73. The molecule has 2 aromatic heterocycles. The first-order chi connectivity index (χ1) is 15.0. The first kappa shape index (κ1) is 21.6. The lowest BCUT2D eigenvalue weighted by Crippen LogP contribution is -2.46. The number of carbonyl (C=O) groups is 1. The molecule has 0 unspecified atom stereocenters. The molecular weight excluding hydrogens is 411 g/mol. The van der Waals surface area contributed by atoms with Gasteiger partial charge in [0.25, 0.3) is 5.91 Å². The monoisotopic (exact) mass is 438 g/mol. The molecule has 0 N–H and O–H groups in total. The summed E-state index contributed by atoms with van der Waals surface area (Å²) in [6.07, 6.45) is 4.72. The minimum Gasteiger partial charge on any atom is -0.338 e. The standard InChI is InChI=1S/C24H27FN4OS/c1-17-22(31-23(27-17)18-6-8-19(25)9-7-18)24(30)28(2)21-11-15-29(16-12-21)14-10-20-5-3-4-13-26-20/h3-9,13,21H,10-12,14-16H2,1-2H3. The smallest absolute Gasteiger partial charge is 0.265 e. The van der Waals surface area contributed by atoms with Gasteiger partial charge in [-0.25, -0.2) is 9.37 Å². The highest BCUT2D eigenvalue weighted by Crippen LogP contribution is 2.30. The van der Waals surface area contributed by atoms with Gasteiger partial charge in [-0.3, -0.25) is 9.78 Å². The fourth-order valence-electron chi connectivity index (χ4n) is 3.99. The Balaban J connectivity index is 1.34. The predicted molar refractivity (Wildman–Crippen MR) is 122 cm³/mol. The van der Waals surface area contributed by atoms with Crippen LogP contribution in [-0.2, 0) is 6.42 Å². The predicted octanol–water partition coefficient (Wildman–Crippen LogP) is 4.43. The minimum absolute atomic E-state index is 0.0234. The van der Waals surface area contributed by atoms with Crippen molar-refractivity contribution in [3.63, 3.8) is 0 Å². The number of pyridine rings is 1. The maximum Gasteiger partial charge on any atom is 0.265 e. The third-order valence-corrected chi connectivity index (χ3v) is 7.11. The van der Waals surface area contributed by atoms with E-state index in [1.165, 1.54) is 23.5 Å². The lowest BCUT2D eigenvalue weighted by atomic mass is 10.0. The van der Waals surface area contributed by atoms with Crippen LogP contribution in [0.1, 0.15) is 33.9 Å². The van der Waals surface area contributed by atoms with Gasteiger partial charge in [0, 0.05) is 56.6 Å². The fourth-order valence-corrected chi connectivity index (χ4v) is 5.04. The van der Waals surface area contributed by atoms with E-state index < -0.39 is 0 Å². The van der Waals surface area contributed by atoms with Crippen LogP contribution in [0.5, 0.6) is 0 Å². The van der Waals surface area contributed by atoms with Crippen LogP contribution >= 0.6 is 11.3 Å². The summed E-state index contributed by atoms with van der Waals surface area (Å²) in [5.74, 6) is -0.255. The van der Waals surface area contributed by atoms with Crippen LogP contribution in [-0.4, -0.2) is 58.4 Å². The van der Waals surface area contributed by atoms with E-state index in [0.717, 1.165) is 60.9 Å². The Bertz CT molecular complexity index is 1010. The molecule has 1 aromatic carbocycles. The van der Waals surface area contributed by atoms with Crippen molar-refractivity contribution in [1.29, 1.82) is 0 Å². The van der Waals surface area contributed by atoms with Gasteiger partial charge < -0.3 is 9.80 Å². The number of thiazole rings is 1. The van der Waals surface area contributed by atoms with Crippen LogP contribution in [0.3, 0.4) is 0 Å². The number of hydrogen-bond acceptors (Lipinski definition) is 5. The molecule has 1 amide bonds. The summed E-state index contributed by atoms with van der Waals surface area (Å²) in [6.45, 7) is 4.83. The Morgan fingerprint density at radius 2 is 1.94 bits per heavy atom. The molecule has 7 heteroatoms. The highest BCUT2D eigenvalue weighted by Gasteiger charge is 2.28. The molecule has 3 aromatic rings. The number of piperidine rings is 1. The zero-order valence-electron chi connectivity index (χ0n) is 17.9. The van der Waals surface area contributed by atoms with Gasteiger partial charge in [0.05, 0.1) is 5.69 Å². The van der Waals surface area contributed by atoms with Gasteiger partial charge in [-0.05, 0) is 56.2 Å². The summed E-state index contributed by atoms with van der Waals surface area (Å²) < 4.78 is 13.2. The molecule has 162 valence electrons. The zero-order valence-corrected chi connectivity index (χ0v) is 18.7. The lowest BCUT2D eigenvalue weighted by molar-refractivity contribution is 0.0647. The number of amides is 1. The highest BCUT2D eigenvalue weighted by molar-refractivity contribution is 7.17. The molecule has 1 aliphatic heterocycles. The highest BCUT2D eigenvalue weighted by atomic mass is 32.1. The molecule has 0 spiro atoms. The van der Waals surface area contributed by atoms with Gasteiger partial charge in [0.15, 0.2) is 0 Å². The number of aromatic nitrogens is 2. The molecule has 5 nitrogen and oxygen atoms in total. The summed E-state index contributed by atoms with van der Waals surface area (Å²) in [5.41, 5.74) is 2.68. The van der Waals surface area contributed by atoms with E-state index in [-0.39, 0.29) is 17.8 Å². The number of carbonyl (C=O) groups excluding carboxylic acids is 1. The van der Waals surface area contributed by atoms with Crippen LogP contribution < -0.4 is 0 Å². The maximum atomic E-state index is 13.2. The normalized spacial score (nSPS) is 15.2. The van der Waals surface area contributed by atoms with E-state index in [4.69, 9.17) is 0 Å². The summed E-state index contributed by atoms with van der Waals surface area (Å²) in [7, 11) is 1.90. The Hall–Kier alpha value is -2.64. The second-order valence-electron chi connectivity index (χ2n) is 8.00. The largest absolute Gasteiger partial charge is 0.338 e. The van der Waals surface area contributed by atoms with Gasteiger partial charge in [-0.1, -0.05) is 6.07 Å². The number of likely N-dealkylation sites (tertiary alicyclic amines) is 1. The third kappa shape index (κ3) is 5.17. The van der Waals surface area contributed by atoms with Crippen LogP contribution in [0.4, 0.5) is 4.39 Å². The Morgan fingerprint density at radius 1 is 1.19 bits per heavy atom. The van der Waals surface area contributed by atoms with E-state index >= 15 is 0 Å². The molecule has 1 aliphatic rings. The van der Waals surface area contributed by atoms with E-state index in [1.54, 1.807) is 12.1 Å². The molecular formula is C24H27FN4OS. The summed E-state index contributed by atoms with van der Waals surface area (Å²) in [5, 5.41) is 0.749. The van der Waals surface area contributed by atoms with Crippen molar-refractivity contribution in [2.45, 2.75) is 32.2 Å². The molecule has 0 saturated carbocycles. The number of halogens is 1. The second-order valence-corrected chi connectivity index (χ2v) is 9.00. The number of nitrogens with zero attached hydrogens (tertiary/aromatic N) is 4. The maximum absolute atomic E-state index is 13.2. The molecule has 0 radical (unpaired) electrons. The van der Waals surface area contributed by atoms with Crippen molar-refractivity contribution >= 4 is 17.2 Å². The molecule has 0 atom stereocenters. The van der Waals surface area contributed by atoms with Crippen LogP contribution in [0.25, 0.3) is 10.6 Å². The number of hydrogen-bond donors (Lipinski definition) is 0. The van der Waals surface area contributed by atoms with Crippen molar-refractivity contribution in [2.24, 2.45) is 0 Å². The van der Waals surface area contributed by atoms with Gasteiger partial charge in [-0.15, -0.1) is 11.3 Å². The second kappa shape index (κ2) is 9.66. The van der Waals surface area contributed by atoms with E-state index in [0.29, 0.717) is 4.88 Å². The van der Waals surface area contributed by atoms with Gasteiger partial charge >= 0.3 is 0 Å². The Labute approximate surface area is 186 Å².